The van der Waals surface area contributed by atoms with Gasteiger partial charge in [-0.15, -0.1) is 0 Å². The third kappa shape index (κ3) is 4.22. The van der Waals surface area contributed by atoms with E-state index in [1.807, 2.05) is 13.8 Å². The second-order valence-electron chi connectivity index (χ2n) is 7.61. The molecule has 7 nitrogen and oxygen atoms in total. The molecule has 1 aromatic carbocycles. The fourth-order valence-electron chi connectivity index (χ4n) is 3.46. The maximum Gasteiger partial charge on any atom is 0.419 e. The Morgan fingerprint density at radius 2 is 1.97 bits per heavy atom. The fraction of sp³-hybridized carbons (Fsp3) is 0.400. The van der Waals surface area contributed by atoms with Crippen LogP contribution in [0.2, 0.25) is 0 Å². The van der Waals surface area contributed by atoms with Crippen LogP contribution in [0.4, 0.5) is 23.4 Å². The van der Waals surface area contributed by atoms with E-state index in [0.29, 0.717) is 17.6 Å². The maximum atomic E-state index is 14.4. The Morgan fingerprint density at radius 1 is 1.29 bits per heavy atom. The van der Waals surface area contributed by atoms with E-state index < -0.39 is 35.1 Å². The number of hydrogen-bond donors (Lipinski definition) is 2. The van der Waals surface area contributed by atoms with Crippen molar-refractivity contribution in [2.75, 3.05) is 11.6 Å². The molecule has 1 aromatic heterocycles. The van der Waals surface area contributed by atoms with Crippen LogP contribution in [0, 0.1) is 5.82 Å². The Morgan fingerprint density at radius 3 is 2.55 bits per heavy atom. The third-order valence-corrected chi connectivity index (χ3v) is 5.30. The zero-order valence-electron chi connectivity index (χ0n) is 17.3. The first-order valence-electron chi connectivity index (χ1n) is 9.68. The van der Waals surface area contributed by atoms with Crippen LogP contribution < -0.4 is 16.6 Å². The van der Waals surface area contributed by atoms with E-state index >= 15 is 0 Å². The number of carbonyl (C=O) groups is 1. The van der Waals surface area contributed by atoms with Crippen molar-refractivity contribution in [1.82, 2.24) is 14.7 Å². The van der Waals surface area contributed by atoms with Gasteiger partial charge in [-0.3, -0.25) is 14.5 Å². The van der Waals surface area contributed by atoms with Gasteiger partial charge >= 0.3 is 6.18 Å². The highest BCUT2D eigenvalue weighted by Gasteiger charge is 2.38. The van der Waals surface area contributed by atoms with E-state index in [1.54, 1.807) is 23.9 Å². The fourth-order valence-corrected chi connectivity index (χ4v) is 3.46. The van der Waals surface area contributed by atoms with Gasteiger partial charge in [-0.1, -0.05) is 6.07 Å². The van der Waals surface area contributed by atoms with Crippen molar-refractivity contribution in [2.45, 2.75) is 45.5 Å². The highest BCUT2D eigenvalue weighted by Crippen LogP contribution is 2.33. The summed E-state index contributed by atoms with van der Waals surface area (Å²) in [4.78, 5) is 14.1. The quantitative estimate of drug-likeness (QED) is 0.432. The number of alkyl halides is 3. The molecule has 0 bridgehead atoms. The summed E-state index contributed by atoms with van der Waals surface area (Å²) in [5.41, 5.74) is 4.88. The van der Waals surface area contributed by atoms with Crippen molar-refractivity contribution in [1.29, 1.82) is 0 Å². The number of amides is 1. The summed E-state index contributed by atoms with van der Waals surface area (Å²) in [6, 6.07) is 3.78. The molecular formula is C20H24F4N6O. The van der Waals surface area contributed by atoms with Crippen molar-refractivity contribution < 1.29 is 22.4 Å². The van der Waals surface area contributed by atoms with E-state index in [9.17, 15) is 22.4 Å². The van der Waals surface area contributed by atoms with E-state index in [0.717, 1.165) is 12.1 Å². The molecule has 11 heteroatoms. The van der Waals surface area contributed by atoms with E-state index in [2.05, 4.69) is 5.10 Å². The zero-order valence-corrected chi connectivity index (χ0v) is 17.3. The van der Waals surface area contributed by atoms with Crippen molar-refractivity contribution >= 4 is 11.7 Å². The summed E-state index contributed by atoms with van der Waals surface area (Å²) >= 11 is 0. The van der Waals surface area contributed by atoms with Crippen LogP contribution >= 0.6 is 0 Å². The zero-order chi connectivity index (χ0) is 23.1. The van der Waals surface area contributed by atoms with E-state index in [4.69, 9.17) is 11.6 Å². The summed E-state index contributed by atoms with van der Waals surface area (Å²) in [7, 11) is 0. The number of benzene rings is 1. The first-order chi connectivity index (χ1) is 14.4. The SMILES string of the molecule is CC1C(N)=C(N(N)c2ccn(C(C)C)n2)CCN1C(=O)c1cccc(C(F)(F)F)c1F. The summed E-state index contributed by atoms with van der Waals surface area (Å²) < 4.78 is 55.2. The molecule has 0 saturated heterocycles. The first kappa shape index (κ1) is 22.6. The Hall–Kier alpha value is -3.08. The molecule has 0 saturated carbocycles. The van der Waals surface area contributed by atoms with Crippen LogP contribution in [-0.4, -0.2) is 33.2 Å². The number of rotatable bonds is 4. The Balaban J connectivity index is 1.87. The monoisotopic (exact) mass is 440 g/mol. The van der Waals surface area contributed by atoms with Crippen molar-refractivity contribution in [2.24, 2.45) is 11.6 Å². The van der Waals surface area contributed by atoms with Crippen molar-refractivity contribution in [3.05, 3.63) is 58.8 Å². The molecule has 1 aliphatic heterocycles. The molecule has 4 N–H and O–H groups in total. The van der Waals surface area contributed by atoms with E-state index in [1.165, 1.54) is 9.91 Å². The van der Waals surface area contributed by atoms with Crippen LogP contribution in [0.5, 0.6) is 0 Å². The average Bonchev–Trinajstić information content (AvgIpc) is 3.19. The molecule has 2 aromatic rings. The second-order valence-corrected chi connectivity index (χ2v) is 7.61. The lowest BCUT2D eigenvalue weighted by Crippen LogP contribution is -2.49. The molecule has 2 heterocycles. The average molecular weight is 440 g/mol. The number of hydrogen-bond acceptors (Lipinski definition) is 5. The molecular weight excluding hydrogens is 416 g/mol. The van der Waals surface area contributed by atoms with Gasteiger partial charge in [0, 0.05) is 31.3 Å². The smallest absolute Gasteiger partial charge is 0.399 e. The molecule has 31 heavy (non-hydrogen) atoms. The molecule has 1 aliphatic rings. The molecule has 168 valence electrons. The van der Waals surface area contributed by atoms with Gasteiger partial charge in [0.1, 0.15) is 5.82 Å². The normalized spacial score (nSPS) is 17.5. The minimum Gasteiger partial charge on any atom is -0.399 e. The predicted molar refractivity (Wildman–Crippen MR) is 107 cm³/mol. The van der Waals surface area contributed by atoms with Gasteiger partial charge in [-0.25, -0.2) is 10.2 Å². The van der Waals surface area contributed by atoms with Gasteiger partial charge in [0.15, 0.2) is 5.82 Å². The molecule has 0 fully saturated rings. The number of aromatic nitrogens is 2. The molecule has 0 aliphatic carbocycles. The molecule has 1 unspecified atom stereocenters. The molecule has 1 atom stereocenters. The van der Waals surface area contributed by atoms with Gasteiger partial charge in [0.25, 0.3) is 5.91 Å². The number of nitrogens with two attached hydrogens (primary N) is 2. The molecule has 0 spiro atoms. The maximum absolute atomic E-state index is 14.4. The first-order valence-corrected chi connectivity index (χ1v) is 9.68. The lowest BCUT2D eigenvalue weighted by molar-refractivity contribution is -0.140. The predicted octanol–water partition coefficient (Wildman–Crippen LogP) is 3.41. The minimum absolute atomic E-state index is 0.101. The van der Waals surface area contributed by atoms with E-state index in [-0.39, 0.29) is 24.7 Å². The molecule has 0 radical (unpaired) electrons. The lowest BCUT2D eigenvalue weighted by Gasteiger charge is -2.37. The summed E-state index contributed by atoms with van der Waals surface area (Å²) in [5, 5.41) is 5.71. The summed E-state index contributed by atoms with van der Waals surface area (Å²) in [5.74, 6) is 4.19. The van der Waals surface area contributed by atoms with Crippen molar-refractivity contribution in [3.63, 3.8) is 0 Å². The topological polar surface area (TPSA) is 93.4 Å². The highest BCUT2D eigenvalue weighted by molar-refractivity contribution is 5.95. The second kappa shape index (κ2) is 8.22. The number of halogens is 4. The number of hydrazine groups is 1. The Kier molecular flexibility index (Phi) is 5.99. The Bertz CT molecular complexity index is 1010. The minimum atomic E-state index is -4.90. The van der Waals surface area contributed by atoms with Crippen LogP contribution in [0.1, 0.15) is 49.2 Å². The highest BCUT2D eigenvalue weighted by atomic mass is 19.4. The van der Waals surface area contributed by atoms with Crippen LogP contribution in [0.15, 0.2) is 41.9 Å². The molecule has 3 rings (SSSR count). The van der Waals surface area contributed by atoms with Gasteiger partial charge in [0.05, 0.1) is 28.6 Å². The number of nitrogens with zero attached hydrogens (tertiary/aromatic N) is 4. The van der Waals surface area contributed by atoms with Crippen LogP contribution in [0.25, 0.3) is 0 Å². The van der Waals surface area contributed by atoms with Gasteiger partial charge in [-0.2, -0.15) is 18.3 Å². The standard InChI is InChI=1S/C20H24F4N6O/c1-11(2)29-10-8-16(27-29)30(26)15-7-9-28(12(3)18(15)25)19(31)13-5-4-6-14(17(13)21)20(22,23)24/h4-6,8,10-12H,7,9,25-26H2,1-3H3. The van der Waals surface area contributed by atoms with Crippen molar-refractivity contribution in [3.8, 4) is 0 Å². The number of carbonyl (C=O) groups excluding carboxylic acids is 1. The molecule has 1 amide bonds. The van der Waals surface area contributed by atoms with Gasteiger partial charge < -0.3 is 10.6 Å². The lowest BCUT2D eigenvalue weighted by atomic mass is 10.0. The summed E-state index contributed by atoms with van der Waals surface area (Å²) in [6.45, 7) is 5.64. The number of anilines is 1. The Labute approximate surface area is 176 Å². The largest absolute Gasteiger partial charge is 0.419 e. The van der Waals surface area contributed by atoms with Gasteiger partial charge in [0.2, 0.25) is 0 Å². The summed E-state index contributed by atoms with van der Waals surface area (Å²) in [6.07, 6.45) is -2.90. The van der Waals surface area contributed by atoms with Gasteiger partial charge in [-0.05, 0) is 32.9 Å². The van der Waals surface area contributed by atoms with Crippen LogP contribution in [-0.2, 0) is 6.18 Å². The third-order valence-electron chi connectivity index (χ3n) is 5.30. The van der Waals surface area contributed by atoms with Crippen LogP contribution in [0.3, 0.4) is 0 Å².